The van der Waals surface area contributed by atoms with Crippen LogP contribution in [0.25, 0.3) is 0 Å². The van der Waals surface area contributed by atoms with Crippen molar-refractivity contribution in [2.75, 3.05) is 26.0 Å². The highest BCUT2D eigenvalue weighted by atomic mass is 35.5. The lowest BCUT2D eigenvalue weighted by molar-refractivity contribution is 0.0945. The zero-order valence-electron chi connectivity index (χ0n) is 13.8. The maximum atomic E-state index is 12.5. The van der Waals surface area contributed by atoms with E-state index in [-0.39, 0.29) is 24.2 Å². The zero-order chi connectivity index (χ0) is 17.1. The predicted octanol–water partition coefficient (Wildman–Crippen LogP) is 3.65. The van der Waals surface area contributed by atoms with Crippen molar-refractivity contribution in [3.8, 4) is 11.5 Å². The fraction of sp³-hybridized carbons (Fsp3) is 0.278. The number of nitrogens with one attached hydrogen (secondary N) is 1. The first-order valence-electron chi connectivity index (χ1n) is 7.73. The largest absolute Gasteiger partial charge is 0.496 e. The van der Waals surface area contributed by atoms with E-state index in [1.54, 1.807) is 6.07 Å². The summed E-state index contributed by atoms with van der Waals surface area (Å²) in [5.74, 6) is 1.27. The first-order valence-corrected chi connectivity index (χ1v) is 8.11. The minimum absolute atomic E-state index is 0. The van der Waals surface area contributed by atoms with Crippen LogP contribution in [0.4, 0.5) is 5.69 Å². The summed E-state index contributed by atoms with van der Waals surface area (Å²) in [6.45, 7) is 1.17. The fourth-order valence-corrected chi connectivity index (χ4v) is 3.02. The van der Waals surface area contributed by atoms with Gasteiger partial charge in [0.2, 0.25) is 0 Å². The second kappa shape index (κ2) is 8.32. The molecule has 3 N–H and O–H groups in total. The molecule has 0 aliphatic carbocycles. The van der Waals surface area contributed by atoms with Crippen LogP contribution in [0.3, 0.4) is 0 Å². The summed E-state index contributed by atoms with van der Waals surface area (Å²) in [5.41, 5.74) is 7.62. The molecular weight excluding hydrogens is 363 g/mol. The average molecular weight is 383 g/mol. The summed E-state index contributed by atoms with van der Waals surface area (Å²) >= 11 is 6.03. The third kappa shape index (κ3) is 4.11. The molecule has 0 bridgehead atoms. The summed E-state index contributed by atoms with van der Waals surface area (Å²) < 4.78 is 10.9. The van der Waals surface area contributed by atoms with E-state index in [0.717, 1.165) is 17.7 Å². The van der Waals surface area contributed by atoms with Gasteiger partial charge in [-0.1, -0.05) is 29.8 Å². The molecule has 1 unspecified atom stereocenters. The van der Waals surface area contributed by atoms with Crippen molar-refractivity contribution >= 4 is 35.6 Å². The van der Waals surface area contributed by atoms with Crippen LogP contribution in [0.1, 0.15) is 28.3 Å². The normalized spacial score (nSPS) is 15.4. The number of carbonyl (C=O) groups is 1. The van der Waals surface area contributed by atoms with Gasteiger partial charge in [-0.2, -0.15) is 0 Å². The van der Waals surface area contributed by atoms with Crippen molar-refractivity contribution in [2.24, 2.45) is 0 Å². The lowest BCUT2D eigenvalue weighted by atomic mass is 9.93. The molecule has 0 fully saturated rings. The van der Waals surface area contributed by atoms with Gasteiger partial charge in [0.15, 0.2) is 0 Å². The van der Waals surface area contributed by atoms with Gasteiger partial charge < -0.3 is 20.5 Å². The van der Waals surface area contributed by atoms with Gasteiger partial charge in [0.1, 0.15) is 11.5 Å². The van der Waals surface area contributed by atoms with Gasteiger partial charge in [-0.25, -0.2) is 0 Å². The van der Waals surface area contributed by atoms with Gasteiger partial charge in [0.05, 0.1) is 30.0 Å². The predicted molar refractivity (Wildman–Crippen MR) is 101 cm³/mol. The lowest BCUT2D eigenvalue weighted by Crippen LogP contribution is -2.31. The topological polar surface area (TPSA) is 73.6 Å². The van der Waals surface area contributed by atoms with E-state index in [4.69, 9.17) is 26.8 Å². The summed E-state index contributed by atoms with van der Waals surface area (Å²) in [4.78, 5) is 12.5. The van der Waals surface area contributed by atoms with Gasteiger partial charge in [-0.15, -0.1) is 12.4 Å². The third-order valence-corrected chi connectivity index (χ3v) is 4.48. The Labute approximate surface area is 157 Å². The van der Waals surface area contributed by atoms with E-state index in [1.165, 1.54) is 13.2 Å². The maximum Gasteiger partial charge on any atom is 0.255 e. The molecule has 0 radical (unpaired) electrons. The second-order valence-electron chi connectivity index (χ2n) is 5.66. The van der Waals surface area contributed by atoms with Crippen molar-refractivity contribution in [1.29, 1.82) is 0 Å². The first-order chi connectivity index (χ1) is 11.6. The SMILES string of the molecule is COc1cc(N)c(Cl)cc1C(=O)NCC1CCOc2ccccc21.Cl. The number of rotatable bonds is 4. The molecule has 1 aliphatic heterocycles. The molecule has 5 nitrogen and oxygen atoms in total. The lowest BCUT2D eigenvalue weighted by Gasteiger charge is -2.26. The van der Waals surface area contributed by atoms with Crippen molar-refractivity contribution in [2.45, 2.75) is 12.3 Å². The smallest absolute Gasteiger partial charge is 0.255 e. The van der Waals surface area contributed by atoms with Gasteiger partial charge in [0, 0.05) is 18.5 Å². The van der Waals surface area contributed by atoms with E-state index >= 15 is 0 Å². The number of carbonyl (C=O) groups excluding carboxylic acids is 1. The van der Waals surface area contributed by atoms with Gasteiger partial charge in [-0.3, -0.25) is 4.79 Å². The van der Waals surface area contributed by atoms with Crippen LogP contribution in [0, 0.1) is 0 Å². The highest BCUT2D eigenvalue weighted by Crippen LogP contribution is 2.33. The molecule has 1 atom stereocenters. The highest BCUT2D eigenvalue weighted by Gasteiger charge is 2.22. The molecule has 3 rings (SSSR count). The highest BCUT2D eigenvalue weighted by molar-refractivity contribution is 6.33. The first kappa shape index (κ1) is 19.2. The summed E-state index contributed by atoms with van der Waals surface area (Å²) in [6, 6.07) is 11.0. The molecule has 0 saturated carbocycles. The van der Waals surface area contributed by atoms with Crippen molar-refractivity contribution < 1.29 is 14.3 Å². The number of nitrogen functional groups attached to an aromatic ring is 1. The molecule has 1 heterocycles. The molecule has 0 saturated heterocycles. The quantitative estimate of drug-likeness (QED) is 0.791. The Balaban J connectivity index is 0.00000225. The number of nitrogens with two attached hydrogens (primary N) is 1. The van der Waals surface area contributed by atoms with Gasteiger partial charge in [0.25, 0.3) is 5.91 Å². The molecule has 2 aromatic carbocycles. The standard InChI is InChI=1S/C18H19ClN2O3.ClH/c1-23-17-9-15(20)14(19)8-13(17)18(22)21-10-11-6-7-24-16-5-3-2-4-12(11)16;/h2-5,8-9,11H,6-7,10,20H2,1H3,(H,21,22);1H. The molecule has 2 aromatic rings. The van der Waals surface area contributed by atoms with Crippen LogP contribution in [-0.4, -0.2) is 26.2 Å². The van der Waals surface area contributed by atoms with E-state index in [0.29, 0.717) is 35.2 Å². The Morgan fingerprint density at radius 3 is 2.92 bits per heavy atom. The van der Waals surface area contributed by atoms with E-state index in [9.17, 15) is 4.79 Å². The Kier molecular flexibility index (Phi) is 6.39. The molecule has 7 heteroatoms. The van der Waals surface area contributed by atoms with Crippen molar-refractivity contribution in [3.05, 3.63) is 52.5 Å². The van der Waals surface area contributed by atoms with E-state index in [2.05, 4.69) is 5.32 Å². The number of ether oxygens (including phenoxy) is 2. The number of hydrogen-bond donors (Lipinski definition) is 2. The molecule has 134 valence electrons. The number of para-hydroxylation sites is 1. The Hall–Kier alpha value is -2.11. The number of benzene rings is 2. The molecule has 0 aromatic heterocycles. The number of hydrogen-bond acceptors (Lipinski definition) is 4. The van der Waals surface area contributed by atoms with Crippen LogP contribution in [0.5, 0.6) is 11.5 Å². The van der Waals surface area contributed by atoms with Crippen LogP contribution >= 0.6 is 24.0 Å². The van der Waals surface area contributed by atoms with Crippen LogP contribution < -0.4 is 20.5 Å². The van der Waals surface area contributed by atoms with Crippen molar-refractivity contribution in [3.63, 3.8) is 0 Å². The average Bonchev–Trinajstić information content (AvgIpc) is 2.61. The number of anilines is 1. The summed E-state index contributed by atoms with van der Waals surface area (Å²) in [7, 11) is 1.49. The maximum absolute atomic E-state index is 12.5. The number of halogens is 2. The Bertz CT molecular complexity index is 768. The Morgan fingerprint density at radius 1 is 1.40 bits per heavy atom. The van der Waals surface area contributed by atoms with Gasteiger partial charge in [-0.05, 0) is 24.1 Å². The molecule has 1 aliphatic rings. The molecule has 0 spiro atoms. The Morgan fingerprint density at radius 2 is 2.16 bits per heavy atom. The third-order valence-electron chi connectivity index (χ3n) is 4.16. The van der Waals surface area contributed by atoms with Crippen molar-refractivity contribution in [1.82, 2.24) is 5.32 Å². The summed E-state index contributed by atoms with van der Waals surface area (Å²) in [6.07, 6.45) is 0.858. The number of methoxy groups -OCH3 is 1. The molecule has 1 amide bonds. The molecular formula is C18H20Cl2N2O3. The number of fused-ring (bicyclic) bond motifs is 1. The molecule has 25 heavy (non-hydrogen) atoms. The van der Waals surface area contributed by atoms with E-state index < -0.39 is 0 Å². The van der Waals surface area contributed by atoms with Gasteiger partial charge >= 0.3 is 0 Å². The fourth-order valence-electron chi connectivity index (χ4n) is 2.85. The minimum atomic E-state index is -0.238. The van der Waals surface area contributed by atoms with Crippen LogP contribution in [0.2, 0.25) is 5.02 Å². The monoisotopic (exact) mass is 382 g/mol. The van der Waals surface area contributed by atoms with E-state index in [1.807, 2.05) is 24.3 Å². The van der Waals surface area contributed by atoms with Crippen LogP contribution in [-0.2, 0) is 0 Å². The zero-order valence-corrected chi connectivity index (χ0v) is 15.3. The van der Waals surface area contributed by atoms with Crippen LogP contribution in [0.15, 0.2) is 36.4 Å². The second-order valence-corrected chi connectivity index (χ2v) is 6.06. The minimum Gasteiger partial charge on any atom is -0.496 e. The summed E-state index contributed by atoms with van der Waals surface area (Å²) in [5, 5.41) is 3.29. The number of amides is 1.